The molecule has 2 aromatic rings. The van der Waals surface area contributed by atoms with E-state index in [4.69, 9.17) is 23.8 Å². The number of hydrogen-bond acceptors (Lipinski definition) is 10. The SMILES string of the molecule is CC(C)N(C(C)C)P(OCCC#N)O[C@@H]1[C@@H](OCP(C)(C)=O)CO[C@H]1n1ccc(NC(=O)c2ccccc2)nc1=O. The highest BCUT2D eigenvalue weighted by Crippen LogP contribution is 2.50. The highest BCUT2D eigenvalue weighted by Gasteiger charge is 2.45. The lowest BCUT2D eigenvalue weighted by Gasteiger charge is -2.38. The average Bonchev–Trinajstić information content (AvgIpc) is 3.29. The number of ether oxygens (including phenoxy) is 2. The number of carbonyl (C=O) groups is 1. The molecule has 4 atom stereocenters. The molecule has 1 unspecified atom stereocenters. The molecule has 3 rings (SSSR count). The summed E-state index contributed by atoms with van der Waals surface area (Å²) in [5.74, 6) is -0.303. The number of aromatic nitrogens is 2. The van der Waals surface area contributed by atoms with Crippen LogP contribution in [-0.4, -0.2) is 77.3 Å². The van der Waals surface area contributed by atoms with Gasteiger partial charge in [0, 0.05) is 23.8 Å². The maximum absolute atomic E-state index is 13.2. The van der Waals surface area contributed by atoms with Crippen LogP contribution in [0.1, 0.15) is 50.7 Å². The normalized spacial score (nSPS) is 20.0. The summed E-state index contributed by atoms with van der Waals surface area (Å²) < 4.78 is 40.4. The van der Waals surface area contributed by atoms with E-state index in [1.165, 1.54) is 16.8 Å². The number of amides is 1. The summed E-state index contributed by atoms with van der Waals surface area (Å²) in [5, 5.41) is 11.7. The van der Waals surface area contributed by atoms with Gasteiger partial charge in [-0.1, -0.05) is 18.2 Å². The van der Waals surface area contributed by atoms with Gasteiger partial charge in [-0.15, -0.1) is 0 Å². The number of benzene rings is 1. The Morgan fingerprint density at radius 1 is 1.24 bits per heavy atom. The molecule has 1 aromatic carbocycles. The van der Waals surface area contributed by atoms with Crippen LogP contribution in [0, 0.1) is 11.3 Å². The van der Waals surface area contributed by atoms with E-state index in [0.29, 0.717) is 5.56 Å². The van der Waals surface area contributed by atoms with Crippen LogP contribution in [0.4, 0.5) is 5.82 Å². The third-order valence-electron chi connectivity index (χ3n) is 5.93. The number of nitrogens with one attached hydrogen (secondary N) is 1. The smallest absolute Gasteiger partial charge is 0.351 e. The Kier molecular flexibility index (Phi) is 12.2. The van der Waals surface area contributed by atoms with Gasteiger partial charge >= 0.3 is 5.69 Å². The lowest BCUT2D eigenvalue weighted by atomic mass is 10.2. The van der Waals surface area contributed by atoms with E-state index >= 15 is 0 Å². The summed E-state index contributed by atoms with van der Waals surface area (Å²) in [6.45, 7) is 11.6. The van der Waals surface area contributed by atoms with Crippen molar-refractivity contribution in [1.29, 1.82) is 5.26 Å². The standard InChI is InChI=1S/C27H39N5O7P2/c1-19(2)32(20(3)4)40(38-16-10-14-28)39-24-22(37-18-41(5,6)35)17-36-26(24)31-15-13-23(30-27(31)34)29-25(33)21-11-8-7-9-12-21/h7-9,11-13,15,19-20,22,24,26H,10,16-18H2,1-6H3,(H,29,30,33,34)/t22-,24+,26+,40?/m0/s1. The first-order valence-corrected chi connectivity index (χ1v) is 17.3. The van der Waals surface area contributed by atoms with E-state index in [1.807, 2.05) is 27.7 Å². The van der Waals surface area contributed by atoms with Crippen molar-refractivity contribution in [2.45, 2.75) is 64.6 Å². The highest BCUT2D eigenvalue weighted by atomic mass is 31.2. The molecule has 1 fully saturated rings. The Labute approximate surface area is 242 Å². The van der Waals surface area contributed by atoms with Gasteiger partial charge in [-0.3, -0.25) is 9.36 Å². The minimum absolute atomic E-state index is 0.0104. The molecule has 1 N–H and O–H groups in total. The molecule has 224 valence electrons. The first-order chi connectivity index (χ1) is 19.4. The summed E-state index contributed by atoms with van der Waals surface area (Å²) in [7, 11) is -4.23. The Morgan fingerprint density at radius 2 is 1.93 bits per heavy atom. The van der Waals surface area contributed by atoms with Gasteiger partial charge in [0.1, 0.15) is 25.2 Å². The van der Waals surface area contributed by atoms with Crippen molar-refractivity contribution < 1.29 is 27.9 Å². The van der Waals surface area contributed by atoms with Gasteiger partial charge in [0.2, 0.25) is 0 Å². The van der Waals surface area contributed by atoms with Crippen molar-refractivity contribution in [2.24, 2.45) is 0 Å². The minimum Gasteiger partial charge on any atom is -0.365 e. The first-order valence-electron chi connectivity index (χ1n) is 13.4. The number of carbonyl (C=O) groups excluding carboxylic acids is 1. The molecule has 1 aliphatic heterocycles. The predicted molar refractivity (Wildman–Crippen MR) is 157 cm³/mol. The van der Waals surface area contributed by atoms with Gasteiger partial charge in [0.25, 0.3) is 14.4 Å². The second-order valence-electron chi connectivity index (χ2n) is 10.6. The second-order valence-corrected chi connectivity index (χ2v) is 15.4. The third kappa shape index (κ3) is 9.52. The van der Waals surface area contributed by atoms with Crippen molar-refractivity contribution in [3.8, 4) is 6.07 Å². The molecule has 14 heteroatoms. The number of anilines is 1. The van der Waals surface area contributed by atoms with Crippen LogP contribution in [0.2, 0.25) is 0 Å². The second kappa shape index (κ2) is 15.1. The summed E-state index contributed by atoms with van der Waals surface area (Å²) in [6.07, 6.45) is -0.729. The first kappa shape index (κ1) is 33.0. The lowest BCUT2D eigenvalue weighted by molar-refractivity contribution is -0.0237. The molecule has 2 heterocycles. The molecule has 41 heavy (non-hydrogen) atoms. The fraction of sp³-hybridized carbons (Fsp3) is 0.556. The third-order valence-corrected chi connectivity index (χ3v) is 8.83. The Balaban J connectivity index is 1.90. The van der Waals surface area contributed by atoms with Crippen molar-refractivity contribution in [1.82, 2.24) is 14.2 Å². The molecule has 1 amide bonds. The molecule has 1 aliphatic rings. The Bertz CT molecular complexity index is 1290. The van der Waals surface area contributed by atoms with Crippen LogP contribution >= 0.6 is 15.7 Å². The fourth-order valence-electron chi connectivity index (χ4n) is 4.20. The van der Waals surface area contributed by atoms with Gasteiger partial charge in [-0.2, -0.15) is 10.2 Å². The predicted octanol–water partition coefficient (Wildman–Crippen LogP) is 4.65. The van der Waals surface area contributed by atoms with Gasteiger partial charge in [-0.25, -0.2) is 9.46 Å². The van der Waals surface area contributed by atoms with Gasteiger partial charge in [0.15, 0.2) is 6.23 Å². The molecular weight excluding hydrogens is 568 g/mol. The zero-order chi connectivity index (χ0) is 30.2. The van der Waals surface area contributed by atoms with Crippen LogP contribution in [-0.2, 0) is 23.1 Å². The van der Waals surface area contributed by atoms with Crippen LogP contribution in [0.5, 0.6) is 0 Å². The summed E-state index contributed by atoms with van der Waals surface area (Å²) in [6, 6.07) is 12.3. The van der Waals surface area contributed by atoms with Gasteiger partial charge in [0.05, 0.1) is 32.1 Å². The van der Waals surface area contributed by atoms with Gasteiger partial charge < -0.3 is 28.4 Å². The average molecular weight is 608 g/mol. The van der Waals surface area contributed by atoms with E-state index in [9.17, 15) is 14.2 Å². The maximum atomic E-state index is 13.2. The maximum Gasteiger partial charge on any atom is 0.351 e. The van der Waals surface area contributed by atoms with Crippen molar-refractivity contribution >= 4 is 27.4 Å². The quantitative estimate of drug-likeness (QED) is 0.238. The van der Waals surface area contributed by atoms with E-state index < -0.39 is 45.7 Å². The fourth-order valence-corrected chi connectivity index (χ4v) is 6.50. The minimum atomic E-state index is -2.52. The van der Waals surface area contributed by atoms with E-state index in [2.05, 4.69) is 21.0 Å². The topological polar surface area (TPSA) is 145 Å². The van der Waals surface area contributed by atoms with Crippen LogP contribution in [0.15, 0.2) is 47.4 Å². The van der Waals surface area contributed by atoms with Gasteiger partial charge in [-0.05, 0) is 59.2 Å². The molecule has 1 saturated heterocycles. The number of rotatable bonds is 14. The number of nitriles is 1. The Morgan fingerprint density at radius 3 is 2.51 bits per heavy atom. The van der Waals surface area contributed by atoms with Crippen LogP contribution in [0.25, 0.3) is 0 Å². The Hall–Kier alpha value is -2.48. The zero-order valence-corrected chi connectivity index (χ0v) is 26.1. The molecule has 1 aromatic heterocycles. The van der Waals surface area contributed by atoms with Crippen LogP contribution < -0.4 is 11.0 Å². The van der Waals surface area contributed by atoms with Crippen LogP contribution in [0.3, 0.4) is 0 Å². The molecule has 0 aliphatic carbocycles. The van der Waals surface area contributed by atoms with E-state index in [1.54, 1.807) is 43.7 Å². The van der Waals surface area contributed by atoms with E-state index in [-0.39, 0.29) is 43.9 Å². The summed E-state index contributed by atoms with van der Waals surface area (Å²) in [5.41, 5.74) is -0.231. The molecule has 0 bridgehead atoms. The van der Waals surface area contributed by atoms with Crippen molar-refractivity contribution in [3.05, 3.63) is 58.6 Å². The van der Waals surface area contributed by atoms with Crippen molar-refractivity contribution in [3.63, 3.8) is 0 Å². The molecular formula is C27H39N5O7P2. The molecule has 0 radical (unpaired) electrons. The number of hydrogen-bond donors (Lipinski definition) is 1. The monoisotopic (exact) mass is 607 g/mol. The molecule has 12 nitrogen and oxygen atoms in total. The molecule has 0 saturated carbocycles. The van der Waals surface area contributed by atoms with E-state index in [0.717, 1.165) is 0 Å². The highest BCUT2D eigenvalue weighted by molar-refractivity contribution is 7.62. The summed E-state index contributed by atoms with van der Waals surface area (Å²) in [4.78, 5) is 29.7. The zero-order valence-electron chi connectivity index (χ0n) is 24.3. The molecule has 0 spiro atoms. The summed E-state index contributed by atoms with van der Waals surface area (Å²) >= 11 is 0. The largest absolute Gasteiger partial charge is 0.365 e. The van der Waals surface area contributed by atoms with Crippen molar-refractivity contribution in [2.75, 3.05) is 38.2 Å². The lowest BCUT2D eigenvalue weighted by Crippen LogP contribution is -2.40. The number of nitrogens with zero attached hydrogens (tertiary/aromatic N) is 4.